The van der Waals surface area contributed by atoms with Crippen molar-refractivity contribution in [3.05, 3.63) is 53.6 Å². The molecule has 1 heterocycles. The summed E-state index contributed by atoms with van der Waals surface area (Å²) < 4.78 is 15.7. The number of carbonyl (C=O) groups is 1. The minimum absolute atomic E-state index is 0.0156. The van der Waals surface area contributed by atoms with Gasteiger partial charge in [-0.1, -0.05) is 23.9 Å². The summed E-state index contributed by atoms with van der Waals surface area (Å²) in [6.07, 6.45) is 1.60. The fraction of sp³-hybridized carbons (Fsp3) is 0.286. The number of methoxy groups -OCH3 is 3. The maximum atomic E-state index is 12.6. The van der Waals surface area contributed by atoms with Gasteiger partial charge in [0, 0.05) is 11.6 Å². The lowest BCUT2D eigenvalue weighted by molar-refractivity contribution is -0.126. The number of amidine groups is 1. The van der Waals surface area contributed by atoms with Crippen LogP contribution >= 0.6 is 11.8 Å². The molecule has 1 atom stereocenters. The van der Waals surface area contributed by atoms with Crippen molar-refractivity contribution < 1.29 is 19.0 Å². The molecule has 7 nitrogen and oxygen atoms in total. The lowest BCUT2D eigenvalue weighted by Crippen LogP contribution is -2.30. The van der Waals surface area contributed by atoms with E-state index < -0.39 is 0 Å². The van der Waals surface area contributed by atoms with E-state index in [4.69, 9.17) is 14.2 Å². The van der Waals surface area contributed by atoms with Gasteiger partial charge in [0.1, 0.15) is 17.2 Å². The SMILES string of the molecule is COc1ccc(CN2C(=O)[C@H](C)S/C2=N/N=C\c2ccc(OC)cc2OC)cc1. The molecule has 0 N–H and O–H groups in total. The summed E-state index contributed by atoms with van der Waals surface area (Å²) in [7, 11) is 4.81. The molecule has 0 unspecified atom stereocenters. The molecule has 0 bridgehead atoms. The van der Waals surface area contributed by atoms with Crippen LogP contribution < -0.4 is 14.2 Å². The highest BCUT2D eigenvalue weighted by Gasteiger charge is 2.35. The van der Waals surface area contributed by atoms with Crippen molar-refractivity contribution in [2.75, 3.05) is 21.3 Å². The second kappa shape index (κ2) is 9.47. The molecule has 3 rings (SSSR count). The third-order valence-electron chi connectivity index (χ3n) is 4.41. The molecule has 152 valence electrons. The second-order valence-corrected chi connectivity index (χ2v) is 7.58. The van der Waals surface area contributed by atoms with Gasteiger partial charge in [-0.15, -0.1) is 5.10 Å². The zero-order valence-electron chi connectivity index (χ0n) is 16.8. The van der Waals surface area contributed by atoms with Gasteiger partial charge in [-0.05, 0) is 36.8 Å². The molecule has 1 aliphatic heterocycles. The largest absolute Gasteiger partial charge is 0.497 e. The molecule has 2 aromatic rings. The highest BCUT2D eigenvalue weighted by molar-refractivity contribution is 8.15. The smallest absolute Gasteiger partial charge is 0.242 e. The van der Waals surface area contributed by atoms with E-state index in [9.17, 15) is 4.79 Å². The van der Waals surface area contributed by atoms with E-state index >= 15 is 0 Å². The molecule has 1 fully saturated rings. The Morgan fingerprint density at radius 2 is 1.72 bits per heavy atom. The summed E-state index contributed by atoms with van der Waals surface area (Å²) in [5, 5.41) is 8.85. The third-order valence-corrected chi connectivity index (χ3v) is 5.48. The molecule has 8 heteroatoms. The standard InChI is InChI=1S/C21H23N3O4S/c1-14-20(25)24(13-15-5-8-17(26-2)9-6-15)21(29-14)23-22-12-16-7-10-18(27-3)11-19(16)28-4/h5-12,14H,13H2,1-4H3/b22-12-,23-21+/t14-/m0/s1. The van der Waals surface area contributed by atoms with Crippen LogP contribution in [0.3, 0.4) is 0 Å². The van der Waals surface area contributed by atoms with Gasteiger partial charge in [-0.2, -0.15) is 5.10 Å². The van der Waals surface area contributed by atoms with Crippen LogP contribution in [0.1, 0.15) is 18.1 Å². The van der Waals surface area contributed by atoms with Gasteiger partial charge in [0.25, 0.3) is 0 Å². The maximum absolute atomic E-state index is 12.6. The minimum Gasteiger partial charge on any atom is -0.497 e. The molecular weight excluding hydrogens is 390 g/mol. The van der Waals surface area contributed by atoms with Crippen molar-refractivity contribution in [2.24, 2.45) is 10.2 Å². The van der Waals surface area contributed by atoms with Crippen molar-refractivity contribution in [1.82, 2.24) is 4.90 Å². The van der Waals surface area contributed by atoms with Crippen LogP contribution in [0.25, 0.3) is 0 Å². The number of carbonyl (C=O) groups excluding carboxylic acids is 1. The molecule has 0 radical (unpaired) electrons. The van der Waals surface area contributed by atoms with Gasteiger partial charge in [-0.25, -0.2) is 0 Å². The Bertz CT molecular complexity index is 928. The van der Waals surface area contributed by atoms with Crippen LogP contribution in [-0.2, 0) is 11.3 Å². The zero-order valence-corrected chi connectivity index (χ0v) is 17.6. The molecule has 0 saturated carbocycles. The topological polar surface area (TPSA) is 72.7 Å². The van der Waals surface area contributed by atoms with Crippen molar-refractivity contribution >= 4 is 29.1 Å². The van der Waals surface area contributed by atoms with E-state index in [1.165, 1.54) is 11.8 Å². The first-order valence-electron chi connectivity index (χ1n) is 8.99. The van der Waals surface area contributed by atoms with Gasteiger partial charge < -0.3 is 14.2 Å². The highest BCUT2D eigenvalue weighted by Crippen LogP contribution is 2.29. The molecule has 29 heavy (non-hydrogen) atoms. The first-order valence-corrected chi connectivity index (χ1v) is 9.87. The molecule has 1 amide bonds. The molecule has 0 aromatic heterocycles. The van der Waals surface area contributed by atoms with E-state index in [2.05, 4.69) is 10.2 Å². The predicted octanol–water partition coefficient (Wildman–Crippen LogP) is 3.57. The Morgan fingerprint density at radius 3 is 2.38 bits per heavy atom. The summed E-state index contributed by atoms with van der Waals surface area (Å²) >= 11 is 1.40. The zero-order chi connectivity index (χ0) is 20.8. The van der Waals surface area contributed by atoms with Gasteiger partial charge >= 0.3 is 0 Å². The Hall–Kier alpha value is -3.00. The molecule has 2 aromatic carbocycles. The van der Waals surface area contributed by atoms with Gasteiger partial charge in [-0.3, -0.25) is 9.69 Å². The number of ether oxygens (including phenoxy) is 3. The molecule has 0 spiro atoms. The van der Waals surface area contributed by atoms with E-state index in [1.807, 2.05) is 43.3 Å². The predicted molar refractivity (Wildman–Crippen MR) is 115 cm³/mol. The normalized spacial score (nSPS) is 17.9. The van der Waals surface area contributed by atoms with Gasteiger partial charge in [0.15, 0.2) is 5.17 Å². The number of hydrogen-bond acceptors (Lipinski definition) is 7. The van der Waals surface area contributed by atoms with Crippen LogP contribution in [0, 0.1) is 0 Å². The Labute approximate surface area is 174 Å². The van der Waals surface area contributed by atoms with Crippen molar-refractivity contribution in [1.29, 1.82) is 0 Å². The van der Waals surface area contributed by atoms with E-state index in [-0.39, 0.29) is 11.2 Å². The Morgan fingerprint density at radius 1 is 1.03 bits per heavy atom. The maximum Gasteiger partial charge on any atom is 0.242 e. The van der Waals surface area contributed by atoms with Gasteiger partial charge in [0.2, 0.25) is 5.91 Å². The summed E-state index contributed by atoms with van der Waals surface area (Å²) in [6, 6.07) is 13.1. The van der Waals surface area contributed by atoms with E-state index in [1.54, 1.807) is 38.5 Å². The Balaban J connectivity index is 1.79. The summed E-state index contributed by atoms with van der Waals surface area (Å²) in [5.74, 6) is 2.12. The van der Waals surface area contributed by atoms with Crippen molar-refractivity contribution in [3.63, 3.8) is 0 Å². The molecular formula is C21H23N3O4S. The average molecular weight is 413 g/mol. The van der Waals surface area contributed by atoms with Crippen LogP contribution in [0.2, 0.25) is 0 Å². The van der Waals surface area contributed by atoms with Crippen molar-refractivity contribution in [3.8, 4) is 17.2 Å². The van der Waals surface area contributed by atoms with Crippen LogP contribution in [-0.4, -0.2) is 48.8 Å². The average Bonchev–Trinajstić information content (AvgIpc) is 3.02. The number of benzene rings is 2. The lowest BCUT2D eigenvalue weighted by atomic mass is 10.2. The van der Waals surface area contributed by atoms with Crippen LogP contribution in [0.15, 0.2) is 52.7 Å². The first-order chi connectivity index (χ1) is 14.0. The summed E-state index contributed by atoms with van der Waals surface area (Å²) in [5.41, 5.74) is 1.75. The number of thioether (sulfide) groups is 1. The quantitative estimate of drug-likeness (QED) is 0.513. The first kappa shape index (κ1) is 20.7. The monoisotopic (exact) mass is 413 g/mol. The molecule has 0 aliphatic carbocycles. The highest BCUT2D eigenvalue weighted by atomic mass is 32.2. The number of rotatable bonds is 7. The molecule has 1 saturated heterocycles. The number of amides is 1. The Kier molecular flexibility index (Phi) is 6.77. The van der Waals surface area contributed by atoms with Crippen LogP contribution in [0.5, 0.6) is 17.2 Å². The van der Waals surface area contributed by atoms with Crippen LogP contribution in [0.4, 0.5) is 0 Å². The van der Waals surface area contributed by atoms with Gasteiger partial charge in [0.05, 0.1) is 39.3 Å². The fourth-order valence-electron chi connectivity index (χ4n) is 2.79. The lowest BCUT2D eigenvalue weighted by Gasteiger charge is -2.15. The summed E-state index contributed by atoms with van der Waals surface area (Å²) in [6.45, 7) is 2.30. The van der Waals surface area contributed by atoms with E-state index in [0.717, 1.165) is 16.9 Å². The minimum atomic E-state index is -0.197. The van der Waals surface area contributed by atoms with Crippen molar-refractivity contribution in [2.45, 2.75) is 18.7 Å². The number of nitrogens with zero attached hydrogens (tertiary/aromatic N) is 3. The third kappa shape index (κ3) is 4.89. The molecule has 1 aliphatic rings. The van der Waals surface area contributed by atoms with E-state index in [0.29, 0.717) is 23.2 Å². The number of hydrogen-bond donors (Lipinski definition) is 0. The fourth-order valence-corrected chi connectivity index (χ4v) is 3.71. The summed E-state index contributed by atoms with van der Waals surface area (Å²) in [4.78, 5) is 14.2. The second-order valence-electron chi connectivity index (χ2n) is 6.27.